The molecule has 4 amide bonds. The molecule has 0 saturated heterocycles. The van der Waals surface area contributed by atoms with E-state index in [1.54, 1.807) is 62.4 Å². The van der Waals surface area contributed by atoms with E-state index in [1.807, 2.05) is 0 Å². The van der Waals surface area contributed by atoms with E-state index >= 15 is 0 Å². The van der Waals surface area contributed by atoms with Gasteiger partial charge in [-0.15, -0.1) is 0 Å². The Labute approximate surface area is 156 Å². The summed E-state index contributed by atoms with van der Waals surface area (Å²) in [5.41, 5.74) is 6.01. The van der Waals surface area contributed by atoms with Crippen molar-refractivity contribution in [2.24, 2.45) is 5.92 Å². The van der Waals surface area contributed by atoms with Crippen molar-refractivity contribution in [3.63, 3.8) is 0 Å². The fraction of sp³-hybridized carbons (Fsp3) is 0.167. The Morgan fingerprint density at radius 2 is 1.35 bits per heavy atom. The van der Waals surface area contributed by atoms with Gasteiger partial charge in [0.15, 0.2) is 0 Å². The van der Waals surface area contributed by atoms with Gasteiger partial charge in [0.1, 0.15) is 0 Å². The third-order valence-corrected chi connectivity index (χ3v) is 3.58. The molecule has 0 aliphatic rings. The maximum Gasteiger partial charge on any atom is 0.337 e. The minimum atomic E-state index is -0.596. The van der Waals surface area contributed by atoms with Crippen LogP contribution in [0.1, 0.15) is 24.2 Å². The van der Waals surface area contributed by atoms with Crippen molar-refractivity contribution in [3.05, 3.63) is 59.1 Å². The van der Waals surface area contributed by atoms with E-state index in [-0.39, 0.29) is 11.8 Å². The number of hydrogen-bond acceptors (Lipinski definition) is 3. The van der Waals surface area contributed by atoms with Gasteiger partial charge in [-0.1, -0.05) is 25.4 Å². The quantitative estimate of drug-likeness (QED) is 0.617. The number of anilines is 2. The van der Waals surface area contributed by atoms with Crippen LogP contribution in [0.25, 0.3) is 0 Å². The number of carbonyl (C=O) groups is 3. The largest absolute Gasteiger partial charge is 0.337 e. The van der Waals surface area contributed by atoms with E-state index in [4.69, 9.17) is 11.6 Å². The van der Waals surface area contributed by atoms with E-state index in [9.17, 15) is 14.4 Å². The minimum absolute atomic E-state index is 0.109. The second kappa shape index (κ2) is 8.87. The SMILES string of the molecule is CC(C)C(=O)Nc1ccc(C(=O)NNC(=O)Nc2ccc(Cl)cc2)cc1. The standard InChI is InChI=1S/C18H19ClN4O3/c1-11(2)16(24)20-14-7-3-12(4-8-14)17(25)22-23-18(26)21-15-9-5-13(19)6-10-15/h3-11H,1-2H3,(H,20,24)(H,22,25)(H2,21,23,26). The number of amides is 4. The summed E-state index contributed by atoms with van der Waals surface area (Å²) < 4.78 is 0. The van der Waals surface area contributed by atoms with E-state index in [0.29, 0.717) is 22.0 Å². The lowest BCUT2D eigenvalue weighted by atomic mass is 10.1. The summed E-state index contributed by atoms with van der Waals surface area (Å²) in [6.45, 7) is 3.58. The molecule has 0 aromatic heterocycles. The van der Waals surface area contributed by atoms with Crippen molar-refractivity contribution in [1.82, 2.24) is 10.9 Å². The molecule has 8 heteroatoms. The van der Waals surface area contributed by atoms with Crippen molar-refractivity contribution in [2.45, 2.75) is 13.8 Å². The van der Waals surface area contributed by atoms with E-state index in [0.717, 1.165) is 0 Å². The minimum Gasteiger partial charge on any atom is -0.326 e. The number of halogens is 1. The van der Waals surface area contributed by atoms with Crippen molar-refractivity contribution in [2.75, 3.05) is 10.6 Å². The summed E-state index contributed by atoms with van der Waals surface area (Å²) in [5, 5.41) is 5.83. The zero-order valence-corrected chi connectivity index (χ0v) is 15.1. The van der Waals surface area contributed by atoms with Crippen LogP contribution in [0.15, 0.2) is 48.5 Å². The molecule has 0 aliphatic heterocycles. The molecule has 0 heterocycles. The molecule has 7 nitrogen and oxygen atoms in total. The average molecular weight is 375 g/mol. The predicted molar refractivity (Wildman–Crippen MR) is 101 cm³/mol. The van der Waals surface area contributed by atoms with Crippen molar-refractivity contribution in [3.8, 4) is 0 Å². The highest BCUT2D eigenvalue weighted by molar-refractivity contribution is 6.30. The molecule has 2 rings (SSSR count). The van der Waals surface area contributed by atoms with E-state index in [2.05, 4.69) is 21.5 Å². The molecule has 0 saturated carbocycles. The highest BCUT2D eigenvalue weighted by Gasteiger charge is 2.10. The zero-order valence-electron chi connectivity index (χ0n) is 14.3. The summed E-state index contributed by atoms with van der Waals surface area (Å²) in [6.07, 6.45) is 0. The number of urea groups is 1. The van der Waals surface area contributed by atoms with Gasteiger partial charge in [0, 0.05) is 27.9 Å². The molecule has 0 aliphatic carbocycles. The lowest BCUT2D eigenvalue weighted by molar-refractivity contribution is -0.118. The molecule has 0 spiro atoms. The molecule has 0 bridgehead atoms. The van der Waals surface area contributed by atoms with Crippen LogP contribution in [0.2, 0.25) is 5.02 Å². The van der Waals surface area contributed by atoms with Crippen LogP contribution in [-0.2, 0) is 4.79 Å². The van der Waals surface area contributed by atoms with Crippen molar-refractivity contribution in [1.29, 1.82) is 0 Å². The van der Waals surface area contributed by atoms with Gasteiger partial charge in [-0.2, -0.15) is 0 Å². The van der Waals surface area contributed by atoms with Crippen molar-refractivity contribution < 1.29 is 14.4 Å². The van der Waals surface area contributed by atoms with Gasteiger partial charge in [-0.25, -0.2) is 10.2 Å². The summed E-state index contributed by atoms with van der Waals surface area (Å²) in [4.78, 5) is 35.4. The summed E-state index contributed by atoms with van der Waals surface area (Å²) in [5.74, 6) is -0.734. The van der Waals surface area contributed by atoms with Crippen LogP contribution < -0.4 is 21.5 Å². The number of hydrazine groups is 1. The van der Waals surface area contributed by atoms with Gasteiger partial charge in [-0.05, 0) is 48.5 Å². The lowest BCUT2D eigenvalue weighted by Gasteiger charge is -2.10. The molecule has 0 atom stereocenters. The Hall–Kier alpha value is -3.06. The summed E-state index contributed by atoms with van der Waals surface area (Å²) in [7, 11) is 0. The fourth-order valence-electron chi connectivity index (χ4n) is 1.87. The van der Waals surface area contributed by atoms with Gasteiger partial charge in [0.25, 0.3) is 5.91 Å². The van der Waals surface area contributed by atoms with Gasteiger partial charge >= 0.3 is 6.03 Å². The second-order valence-electron chi connectivity index (χ2n) is 5.76. The number of benzene rings is 2. The van der Waals surface area contributed by atoms with Crippen LogP contribution in [0.5, 0.6) is 0 Å². The van der Waals surface area contributed by atoms with Crippen LogP contribution in [0.3, 0.4) is 0 Å². The molecular weight excluding hydrogens is 356 g/mol. The number of rotatable bonds is 4. The third-order valence-electron chi connectivity index (χ3n) is 3.33. The maximum atomic E-state index is 12.0. The topological polar surface area (TPSA) is 99.3 Å². The molecule has 0 unspecified atom stereocenters. The smallest absolute Gasteiger partial charge is 0.326 e. The van der Waals surface area contributed by atoms with Crippen LogP contribution in [0, 0.1) is 5.92 Å². The fourth-order valence-corrected chi connectivity index (χ4v) is 2.00. The molecule has 2 aromatic carbocycles. The third kappa shape index (κ3) is 5.78. The first-order chi connectivity index (χ1) is 12.3. The highest BCUT2D eigenvalue weighted by Crippen LogP contribution is 2.13. The number of nitrogens with one attached hydrogen (secondary N) is 4. The number of hydrogen-bond donors (Lipinski definition) is 4. The molecule has 2 aromatic rings. The first kappa shape index (κ1) is 19.3. The first-order valence-electron chi connectivity index (χ1n) is 7.89. The van der Waals surface area contributed by atoms with Crippen LogP contribution in [-0.4, -0.2) is 17.8 Å². The Bertz CT molecular complexity index is 789. The highest BCUT2D eigenvalue weighted by atomic mass is 35.5. The van der Waals surface area contributed by atoms with E-state index < -0.39 is 11.9 Å². The van der Waals surface area contributed by atoms with Crippen LogP contribution >= 0.6 is 11.6 Å². The molecule has 0 radical (unpaired) electrons. The Morgan fingerprint density at radius 3 is 1.92 bits per heavy atom. The molecule has 4 N–H and O–H groups in total. The lowest BCUT2D eigenvalue weighted by Crippen LogP contribution is -2.43. The second-order valence-corrected chi connectivity index (χ2v) is 6.20. The number of carbonyl (C=O) groups excluding carboxylic acids is 3. The maximum absolute atomic E-state index is 12.0. The van der Waals surface area contributed by atoms with Gasteiger partial charge < -0.3 is 10.6 Å². The zero-order chi connectivity index (χ0) is 19.1. The van der Waals surface area contributed by atoms with Crippen LogP contribution in [0.4, 0.5) is 16.2 Å². The first-order valence-corrected chi connectivity index (χ1v) is 8.27. The van der Waals surface area contributed by atoms with Gasteiger partial charge in [-0.3, -0.25) is 15.0 Å². The van der Waals surface area contributed by atoms with Gasteiger partial charge in [0.05, 0.1) is 0 Å². The molecule has 0 fully saturated rings. The Balaban J connectivity index is 1.84. The van der Waals surface area contributed by atoms with Gasteiger partial charge in [0.2, 0.25) is 5.91 Å². The Kier molecular flexibility index (Phi) is 6.57. The van der Waals surface area contributed by atoms with Crippen molar-refractivity contribution >= 4 is 40.8 Å². The summed E-state index contributed by atoms with van der Waals surface area (Å²) in [6, 6.07) is 12.3. The monoisotopic (exact) mass is 374 g/mol. The molecule has 136 valence electrons. The molecule has 26 heavy (non-hydrogen) atoms. The predicted octanol–water partition coefficient (Wildman–Crippen LogP) is 3.40. The summed E-state index contributed by atoms with van der Waals surface area (Å²) >= 11 is 5.76. The Morgan fingerprint density at radius 1 is 0.808 bits per heavy atom. The average Bonchev–Trinajstić information content (AvgIpc) is 2.62. The molecular formula is C18H19ClN4O3. The van der Waals surface area contributed by atoms with E-state index in [1.165, 1.54) is 0 Å². The normalized spacial score (nSPS) is 10.2.